The van der Waals surface area contributed by atoms with Crippen LogP contribution in [0.3, 0.4) is 0 Å². The maximum absolute atomic E-state index is 11.2. The summed E-state index contributed by atoms with van der Waals surface area (Å²) >= 11 is 0. The second kappa shape index (κ2) is 6.34. The van der Waals surface area contributed by atoms with Crippen molar-refractivity contribution < 1.29 is 9.84 Å². The van der Waals surface area contributed by atoms with Crippen molar-refractivity contribution in [1.82, 2.24) is 9.88 Å². The Labute approximate surface area is 143 Å². The average Bonchev–Trinajstić information content (AvgIpc) is 3.18. The zero-order valence-corrected chi connectivity index (χ0v) is 14.5. The Balaban J connectivity index is 1.69. The number of rotatable bonds is 5. The number of benzene rings is 1. The number of aromatic nitrogens is 1. The molecule has 5 atom stereocenters. The Morgan fingerprint density at radius 1 is 1.33 bits per heavy atom. The third-order valence-electron chi connectivity index (χ3n) is 5.86. The molecule has 1 unspecified atom stereocenters. The van der Waals surface area contributed by atoms with Crippen molar-refractivity contribution in [1.29, 1.82) is 0 Å². The molecule has 2 bridgehead atoms. The molecular weight excluding hydrogens is 300 g/mol. The van der Waals surface area contributed by atoms with E-state index >= 15 is 0 Å². The number of pyridine rings is 1. The first-order valence-corrected chi connectivity index (χ1v) is 9.18. The van der Waals surface area contributed by atoms with E-state index in [9.17, 15) is 5.11 Å². The molecule has 0 spiro atoms. The highest BCUT2D eigenvalue weighted by Crippen LogP contribution is 2.45. The fourth-order valence-electron chi connectivity index (χ4n) is 4.82. The summed E-state index contributed by atoms with van der Waals surface area (Å²) in [6.45, 7) is 6.01. The van der Waals surface area contributed by atoms with E-state index in [1.807, 2.05) is 31.2 Å². The molecule has 128 valence electrons. The number of piperidine rings is 1. The Kier molecular flexibility index (Phi) is 4.19. The largest absolute Gasteiger partial charge is 0.494 e. The van der Waals surface area contributed by atoms with Gasteiger partial charge in [-0.3, -0.25) is 9.88 Å². The van der Waals surface area contributed by atoms with E-state index in [1.165, 1.54) is 12.8 Å². The minimum Gasteiger partial charge on any atom is -0.494 e. The van der Waals surface area contributed by atoms with Crippen LogP contribution in [0.25, 0.3) is 10.9 Å². The van der Waals surface area contributed by atoms with Crippen LogP contribution in [0.15, 0.2) is 30.5 Å². The van der Waals surface area contributed by atoms with Gasteiger partial charge in [0.15, 0.2) is 0 Å². The van der Waals surface area contributed by atoms with Gasteiger partial charge in [0.05, 0.1) is 18.2 Å². The van der Waals surface area contributed by atoms with Crippen LogP contribution < -0.4 is 4.74 Å². The van der Waals surface area contributed by atoms with E-state index in [-0.39, 0.29) is 6.04 Å². The van der Waals surface area contributed by atoms with Crippen LogP contribution in [0, 0.1) is 5.92 Å². The third-order valence-corrected chi connectivity index (χ3v) is 5.86. The van der Waals surface area contributed by atoms with Crippen molar-refractivity contribution in [3.63, 3.8) is 0 Å². The van der Waals surface area contributed by atoms with Crippen LogP contribution in [-0.4, -0.2) is 40.2 Å². The van der Waals surface area contributed by atoms with E-state index in [0.717, 1.165) is 41.1 Å². The first kappa shape index (κ1) is 15.9. The molecule has 0 aliphatic carbocycles. The van der Waals surface area contributed by atoms with Crippen molar-refractivity contribution in [2.45, 2.75) is 51.3 Å². The molecule has 0 radical (unpaired) electrons. The molecule has 2 fully saturated rings. The number of ether oxygens (including phenoxy) is 1. The van der Waals surface area contributed by atoms with Crippen LogP contribution >= 0.6 is 0 Å². The van der Waals surface area contributed by atoms with Crippen molar-refractivity contribution in [3.8, 4) is 5.75 Å². The fourth-order valence-corrected chi connectivity index (χ4v) is 4.82. The van der Waals surface area contributed by atoms with E-state index in [0.29, 0.717) is 12.6 Å². The van der Waals surface area contributed by atoms with Gasteiger partial charge in [-0.1, -0.05) is 6.92 Å². The lowest BCUT2D eigenvalue weighted by atomic mass is 9.90. The number of hydrogen-bond acceptors (Lipinski definition) is 4. The minimum atomic E-state index is -0.466. The van der Waals surface area contributed by atoms with Gasteiger partial charge >= 0.3 is 0 Å². The van der Waals surface area contributed by atoms with E-state index in [1.54, 1.807) is 6.20 Å². The van der Waals surface area contributed by atoms with Crippen molar-refractivity contribution >= 4 is 10.9 Å². The maximum atomic E-state index is 11.2. The lowest BCUT2D eigenvalue weighted by Crippen LogP contribution is -2.38. The Morgan fingerprint density at radius 2 is 2.21 bits per heavy atom. The highest BCUT2D eigenvalue weighted by Gasteiger charge is 2.47. The summed E-state index contributed by atoms with van der Waals surface area (Å²) in [5, 5.41) is 12.2. The molecule has 4 rings (SSSR count). The molecule has 24 heavy (non-hydrogen) atoms. The van der Waals surface area contributed by atoms with Gasteiger partial charge in [0.25, 0.3) is 0 Å². The lowest BCUT2D eigenvalue weighted by molar-refractivity contribution is 0.0594. The van der Waals surface area contributed by atoms with Crippen molar-refractivity contribution in [2.24, 2.45) is 5.92 Å². The Hall–Kier alpha value is -1.65. The Bertz CT molecular complexity index is 733. The normalized spacial score (nSPS) is 30.0. The minimum absolute atomic E-state index is 0.232. The number of fused-ring (bicyclic) bond motifs is 3. The summed E-state index contributed by atoms with van der Waals surface area (Å²) in [6, 6.07) is 8.79. The monoisotopic (exact) mass is 326 g/mol. The molecule has 2 saturated heterocycles. The number of nitrogens with zero attached hydrogens (tertiary/aromatic N) is 2. The molecule has 4 nitrogen and oxygen atoms in total. The van der Waals surface area contributed by atoms with Gasteiger partial charge in [0, 0.05) is 23.7 Å². The van der Waals surface area contributed by atoms with Crippen LogP contribution in [0.5, 0.6) is 5.75 Å². The summed E-state index contributed by atoms with van der Waals surface area (Å²) in [5.74, 6) is 1.59. The van der Waals surface area contributed by atoms with Gasteiger partial charge in [-0.25, -0.2) is 0 Å². The molecule has 1 N–H and O–H groups in total. The summed E-state index contributed by atoms with van der Waals surface area (Å²) in [5.41, 5.74) is 1.90. The third kappa shape index (κ3) is 2.49. The second-order valence-electron chi connectivity index (χ2n) is 7.02. The van der Waals surface area contributed by atoms with E-state index in [4.69, 9.17) is 4.74 Å². The van der Waals surface area contributed by atoms with Gasteiger partial charge in [0.2, 0.25) is 0 Å². The molecular formula is C20H26N2O2. The summed E-state index contributed by atoms with van der Waals surface area (Å²) < 4.78 is 5.64. The predicted octanol–water partition coefficient (Wildman–Crippen LogP) is 3.54. The van der Waals surface area contributed by atoms with Gasteiger partial charge < -0.3 is 9.84 Å². The highest BCUT2D eigenvalue weighted by molar-refractivity contribution is 5.84. The zero-order chi connectivity index (χ0) is 16.7. The maximum Gasteiger partial charge on any atom is 0.120 e. The smallest absolute Gasteiger partial charge is 0.120 e. The van der Waals surface area contributed by atoms with Crippen molar-refractivity contribution in [3.05, 3.63) is 36.0 Å². The quantitative estimate of drug-likeness (QED) is 0.913. The molecule has 2 aromatic rings. The predicted molar refractivity (Wildman–Crippen MR) is 95.2 cm³/mol. The first-order valence-electron chi connectivity index (χ1n) is 9.18. The molecule has 3 heterocycles. The number of aliphatic hydroxyl groups excluding tert-OH is 1. The molecule has 2 aliphatic heterocycles. The lowest BCUT2D eigenvalue weighted by Gasteiger charge is -2.31. The van der Waals surface area contributed by atoms with Gasteiger partial charge in [-0.2, -0.15) is 0 Å². The second-order valence-corrected chi connectivity index (χ2v) is 7.02. The highest BCUT2D eigenvalue weighted by atomic mass is 16.5. The van der Waals surface area contributed by atoms with Crippen LogP contribution in [-0.2, 0) is 0 Å². The summed E-state index contributed by atoms with van der Waals surface area (Å²) in [7, 11) is 0. The molecule has 4 heteroatoms. The van der Waals surface area contributed by atoms with Crippen LogP contribution in [0.4, 0.5) is 0 Å². The van der Waals surface area contributed by atoms with Gasteiger partial charge in [-0.05, 0) is 68.5 Å². The van der Waals surface area contributed by atoms with E-state index < -0.39 is 6.10 Å². The number of hydrogen-bond donors (Lipinski definition) is 1. The SMILES string of the molecule is CCOc1ccc2nccc([C@@H](O)[C@@H]3C[C@@H]4CCN3[C@@H]4CC)c2c1. The molecule has 1 aromatic carbocycles. The fraction of sp³-hybridized carbons (Fsp3) is 0.550. The van der Waals surface area contributed by atoms with Gasteiger partial charge in [0.1, 0.15) is 5.75 Å². The summed E-state index contributed by atoms with van der Waals surface area (Å²) in [4.78, 5) is 6.99. The van der Waals surface area contributed by atoms with Crippen LogP contribution in [0.2, 0.25) is 0 Å². The molecule has 0 saturated carbocycles. The van der Waals surface area contributed by atoms with Gasteiger partial charge in [-0.15, -0.1) is 0 Å². The number of aliphatic hydroxyl groups is 1. The Morgan fingerprint density at radius 3 is 2.96 bits per heavy atom. The standard InChI is InChI=1S/C20H26N2O2/c1-3-18-13-8-10-22(18)19(11-13)20(23)15-7-9-21-17-6-5-14(24-4-2)12-16(15)17/h5-7,9,12-13,18-20,23H,3-4,8,10-11H2,1-2H3/t13-,18+,19-,20+/m0/s1. The average molecular weight is 326 g/mol. The van der Waals surface area contributed by atoms with E-state index in [2.05, 4.69) is 16.8 Å². The van der Waals surface area contributed by atoms with Crippen molar-refractivity contribution in [2.75, 3.05) is 13.2 Å². The molecule has 2 aliphatic rings. The van der Waals surface area contributed by atoms with Crippen LogP contribution in [0.1, 0.15) is 44.8 Å². The first-order chi connectivity index (χ1) is 11.7. The summed E-state index contributed by atoms with van der Waals surface area (Å²) in [6.07, 6.45) is 4.91. The molecule has 1 aromatic heterocycles. The zero-order valence-electron chi connectivity index (χ0n) is 14.5. The molecule has 0 amide bonds. The topological polar surface area (TPSA) is 45.6 Å².